The fourth-order valence-corrected chi connectivity index (χ4v) is 6.69. The van der Waals surface area contributed by atoms with Gasteiger partial charge in [0.25, 0.3) is 0 Å². The molecule has 4 aromatic rings. The highest BCUT2D eigenvalue weighted by molar-refractivity contribution is 7.22. The number of amides is 1. The molecule has 2 atom stereocenters. The first-order valence-electron chi connectivity index (χ1n) is 12.4. The second kappa shape index (κ2) is 12.1. The van der Waals surface area contributed by atoms with Crippen LogP contribution in [0.5, 0.6) is 0 Å². The zero-order valence-electron chi connectivity index (χ0n) is 21.6. The van der Waals surface area contributed by atoms with Gasteiger partial charge in [0, 0.05) is 37.2 Å². The largest absolute Gasteiger partial charge is 0.469 e. The molecule has 0 aliphatic carbocycles. The van der Waals surface area contributed by atoms with Crippen LogP contribution in [0.4, 0.5) is 19.6 Å². The van der Waals surface area contributed by atoms with Gasteiger partial charge in [-0.25, -0.2) is 18.7 Å². The van der Waals surface area contributed by atoms with Gasteiger partial charge in [0.15, 0.2) is 5.13 Å². The van der Waals surface area contributed by atoms with Crippen molar-refractivity contribution in [2.75, 3.05) is 26.1 Å². The van der Waals surface area contributed by atoms with E-state index in [4.69, 9.17) is 21.1 Å². The number of methoxy groups -OCH3 is 2. The number of hydrogen-bond donors (Lipinski definition) is 1. The van der Waals surface area contributed by atoms with Crippen LogP contribution in [0.2, 0.25) is 5.02 Å². The molecule has 0 bridgehead atoms. The van der Waals surface area contributed by atoms with Crippen LogP contribution in [0, 0.1) is 11.6 Å². The molecular formula is C27H25ClF2N4O4S2. The summed E-state index contributed by atoms with van der Waals surface area (Å²) in [7, 11) is 2.94. The van der Waals surface area contributed by atoms with E-state index in [9.17, 15) is 14.0 Å². The standard InChI is InChI=1S/C27H25ClF2N4O4S2/c1-37-16-10-22(26-31-12-17(39-26)4-6-25(36)38-2)34(13-16)24(35)8-14-7-18(28)20(11-19(14)30)32-27-33-21-9-15(29)3-5-23(21)40-27/h3,5,7,9,11-12,16,22H,4,6,8,10,13H2,1-2H3,(H,32,33)/t16-,22-/m0/s1. The minimum absolute atomic E-state index is 0.157. The van der Waals surface area contributed by atoms with E-state index in [-0.39, 0.29) is 53.1 Å². The smallest absolute Gasteiger partial charge is 0.305 e. The van der Waals surface area contributed by atoms with Crippen LogP contribution >= 0.6 is 34.3 Å². The number of likely N-dealkylation sites (tertiary alicyclic amines) is 1. The van der Waals surface area contributed by atoms with Gasteiger partial charge in [0.1, 0.15) is 16.6 Å². The lowest BCUT2D eigenvalue weighted by Gasteiger charge is -2.23. The topological polar surface area (TPSA) is 93.7 Å². The summed E-state index contributed by atoms with van der Waals surface area (Å²) in [5.41, 5.74) is 0.928. The highest BCUT2D eigenvalue weighted by atomic mass is 35.5. The summed E-state index contributed by atoms with van der Waals surface area (Å²) in [6, 6.07) is 6.63. The number of benzene rings is 2. The maximum Gasteiger partial charge on any atom is 0.305 e. The van der Waals surface area contributed by atoms with Crippen molar-refractivity contribution in [2.24, 2.45) is 0 Å². The molecule has 13 heteroatoms. The number of rotatable bonds is 9. The molecule has 1 aliphatic heterocycles. The number of hydrogen-bond acceptors (Lipinski definition) is 9. The number of carbonyl (C=O) groups excluding carboxylic acids is 2. The minimum atomic E-state index is -0.592. The molecule has 40 heavy (non-hydrogen) atoms. The zero-order chi connectivity index (χ0) is 28.4. The van der Waals surface area contributed by atoms with Crippen molar-refractivity contribution in [2.45, 2.75) is 37.8 Å². The van der Waals surface area contributed by atoms with Gasteiger partial charge in [-0.2, -0.15) is 0 Å². The number of aryl methyl sites for hydroxylation is 1. The third-order valence-corrected chi connectivity index (χ3v) is 9.07. The fraction of sp³-hybridized carbons (Fsp3) is 0.333. The minimum Gasteiger partial charge on any atom is -0.469 e. The average Bonchev–Trinajstić information content (AvgIpc) is 3.67. The van der Waals surface area contributed by atoms with E-state index < -0.39 is 11.6 Å². The van der Waals surface area contributed by atoms with Crippen molar-refractivity contribution < 1.29 is 27.8 Å². The predicted octanol–water partition coefficient (Wildman–Crippen LogP) is 6.06. The van der Waals surface area contributed by atoms with Crippen LogP contribution in [0.15, 0.2) is 36.5 Å². The molecular weight excluding hydrogens is 582 g/mol. The number of carbonyl (C=O) groups is 2. The Morgan fingerprint density at radius 3 is 2.80 bits per heavy atom. The zero-order valence-corrected chi connectivity index (χ0v) is 24.0. The number of ether oxygens (including phenoxy) is 2. The van der Waals surface area contributed by atoms with Crippen molar-refractivity contribution in [3.05, 3.63) is 68.6 Å². The van der Waals surface area contributed by atoms with Crippen LogP contribution in [-0.2, 0) is 31.9 Å². The van der Waals surface area contributed by atoms with Crippen LogP contribution in [0.3, 0.4) is 0 Å². The molecule has 3 heterocycles. The molecule has 1 N–H and O–H groups in total. The summed E-state index contributed by atoms with van der Waals surface area (Å²) in [4.78, 5) is 36.3. The van der Waals surface area contributed by atoms with E-state index in [0.717, 1.165) is 14.6 Å². The molecule has 1 saturated heterocycles. The summed E-state index contributed by atoms with van der Waals surface area (Å²) >= 11 is 9.18. The number of nitrogens with zero attached hydrogens (tertiary/aromatic N) is 3. The highest BCUT2D eigenvalue weighted by Crippen LogP contribution is 2.37. The number of thiazole rings is 2. The van der Waals surface area contributed by atoms with Gasteiger partial charge in [0.2, 0.25) is 5.91 Å². The summed E-state index contributed by atoms with van der Waals surface area (Å²) < 4.78 is 39.7. The van der Waals surface area contributed by atoms with Crippen LogP contribution in [-0.4, -0.2) is 53.6 Å². The van der Waals surface area contributed by atoms with Crippen molar-refractivity contribution in [1.29, 1.82) is 0 Å². The number of fused-ring (bicyclic) bond motifs is 1. The molecule has 2 aromatic carbocycles. The third kappa shape index (κ3) is 6.25. The monoisotopic (exact) mass is 606 g/mol. The lowest BCUT2D eigenvalue weighted by molar-refractivity contribution is -0.140. The van der Waals surface area contributed by atoms with Crippen LogP contribution in [0.25, 0.3) is 10.2 Å². The molecule has 0 unspecified atom stereocenters. The number of anilines is 2. The van der Waals surface area contributed by atoms with Gasteiger partial charge < -0.3 is 19.7 Å². The molecule has 5 rings (SSSR count). The second-order valence-corrected chi connectivity index (χ2v) is 11.8. The normalized spacial score (nSPS) is 17.0. The molecule has 8 nitrogen and oxygen atoms in total. The van der Waals surface area contributed by atoms with E-state index in [1.165, 1.54) is 54.0 Å². The molecule has 0 spiro atoms. The van der Waals surface area contributed by atoms with Crippen molar-refractivity contribution >= 4 is 67.2 Å². The maximum atomic E-state index is 15.2. The average molecular weight is 607 g/mol. The maximum absolute atomic E-state index is 15.2. The molecule has 1 aliphatic rings. The van der Waals surface area contributed by atoms with Gasteiger partial charge in [-0.3, -0.25) is 9.59 Å². The number of halogens is 3. The Kier molecular flexibility index (Phi) is 8.60. The summed E-state index contributed by atoms with van der Waals surface area (Å²) in [6.07, 6.45) is 2.63. The summed E-state index contributed by atoms with van der Waals surface area (Å²) in [5.74, 6) is -1.57. The van der Waals surface area contributed by atoms with Crippen molar-refractivity contribution in [3.63, 3.8) is 0 Å². The van der Waals surface area contributed by atoms with E-state index in [2.05, 4.69) is 15.3 Å². The number of esters is 1. The Morgan fingerprint density at radius 1 is 1.20 bits per heavy atom. The van der Waals surface area contributed by atoms with E-state index >= 15 is 4.39 Å². The van der Waals surface area contributed by atoms with Gasteiger partial charge in [-0.15, -0.1) is 11.3 Å². The lowest BCUT2D eigenvalue weighted by Crippen LogP contribution is -2.33. The first kappa shape index (κ1) is 28.3. The molecule has 1 amide bonds. The van der Waals surface area contributed by atoms with Gasteiger partial charge in [-0.1, -0.05) is 22.9 Å². The molecule has 0 radical (unpaired) electrons. The second-order valence-electron chi connectivity index (χ2n) is 9.25. The van der Waals surface area contributed by atoms with Crippen LogP contribution < -0.4 is 5.32 Å². The predicted molar refractivity (Wildman–Crippen MR) is 150 cm³/mol. The van der Waals surface area contributed by atoms with E-state index in [0.29, 0.717) is 30.0 Å². The Morgan fingerprint density at radius 2 is 2.02 bits per heavy atom. The fourth-order valence-electron chi connectivity index (χ4n) is 4.55. The highest BCUT2D eigenvalue weighted by Gasteiger charge is 2.38. The lowest BCUT2D eigenvalue weighted by atomic mass is 10.1. The third-order valence-electron chi connectivity index (χ3n) is 6.65. The molecule has 210 valence electrons. The molecule has 1 fully saturated rings. The van der Waals surface area contributed by atoms with Gasteiger partial charge in [0.05, 0.1) is 53.0 Å². The van der Waals surface area contributed by atoms with Crippen molar-refractivity contribution in [1.82, 2.24) is 14.9 Å². The van der Waals surface area contributed by atoms with Gasteiger partial charge >= 0.3 is 5.97 Å². The Hall–Kier alpha value is -3.19. The summed E-state index contributed by atoms with van der Waals surface area (Å²) in [6.45, 7) is 0.351. The van der Waals surface area contributed by atoms with Crippen LogP contribution in [0.1, 0.15) is 34.3 Å². The van der Waals surface area contributed by atoms with Gasteiger partial charge in [-0.05, 0) is 36.2 Å². The number of aromatic nitrogens is 2. The number of nitrogens with one attached hydrogen (secondary N) is 1. The SMILES string of the molecule is COC(=O)CCc1cnc([C@@H]2C[C@H](OC)CN2C(=O)Cc2cc(Cl)c(Nc3nc4cc(F)ccc4s3)cc2F)s1. The van der Waals surface area contributed by atoms with E-state index in [1.807, 2.05) is 0 Å². The quantitative estimate of drug-likeness (QED) is 0.231. The Labute approximate surface area is 241 Å². The first-order valence-corrected chi connectivity index (χ1v) is 14.4. The Balaban J connectivity index is 1.30. The first-order chi connectivity index (χ1) is 19.2. The Bertz CT molecular complexity index is 1560. The van der Waals surface area contributed by atoms with E-state index in [1.54, 1.807) is 24.3 Å². The summed E-state index contributed by atoms with van der Waals surface area (Å²) in [5, 5.41) is 4.38. The molecule has 0 saturated carbocycles. The van der Waals surface area contributed by atoms with Crippen molar-refractivity contribution in [3.8, 4) is 0 Å². The molecule has 2 aromatic heterocycles.